The SMILES string of the molecule is COc1cc(OC)c(/C=C(/COc2cccc(OC(=O)C[As](CCO)(CCO)CCO)c2)C(N)=O)c(OC)c1. The first-order chi connectivity index (χ1) is 18.7. The summed E-state index contributed by atoms with van der Waals surface area (Å²) >= 11 is -2.87. The number of benzene rings is 2. The third kappa shape index (κ3) is 9.47. The molecule has 0 saturated heterocycles. The number of esters is 1. The van der Waals surface area contributed by atoms with Crippen molar-refractivity contribution in [3.05, 3.63) is 47.5 Å². The Bertz CT molecular complexity index is 1100. The summed E-state index contributed by atoms with van der Waals surface area (Å²) in [5, 5.41) is 29.7. The fourth-order valence-corrected chi connectivity index (χ4v) is 10.3. The van der Waals surface area contributed by atoms with E-state index in [9.17, 15) is 24.9 Å². The van der Waals surface area contributed by atoms with Gasteiger partial charge in [-0.25, -0.2) is 0 Å². The molecule has 0 heterocycles. The van der Waals surface area contributed by atoms with E-state index in [1.165, 1.54) is 33.5 Å². The predicted octanol–water partition coefficient (Wildman–Crippen LogP) is 1.99. The third-order valence-electron chi connectivity index (χ3n) is 6.01. The summed E-state index contributed by atoms with van der Waals surface area (Å²) in [5.74, 6) is 0.655. The Morgan fingerprint density at radius 3 is 1.90 bits per heavy atom. The van der Waals surface area contributed by atoms with E-state index in [-0.39, 0.29) is 43.0 Å². The number of carbonyl (C=O) groups is 2. The van der Waals surface area contributed by atoms with Crippen LogP contribution in [-0.2, 0) is 9.59 Å². The van der Waals surface area contributed by atoms with Crippen LogP contribution in [0, 0.1) is 0 Å². The monoisotopic (exact) mass is 610 g/mol. The smallest absolute Gasteiger partial charge is 0.496 e. The zero-order valence-corrected chi connectivity index (χ0v) is 24.3. The van der Waals surface area contributed by atoms with Crippen LogP contribution in [0.1, 0.15) is 5.56 Å². The second-order valence-corrected chi connectivity index (χ2v) is 17.7. The van der Waals surface area contributed by atoms with E-state index in [2.05, 4.69) is 0 Å². The molecule has 1 radical (unpaired) electrons. The Morgan fingerprint density at radius 1 is 0.846 bits per heavy atom. The number of primary amides is 1. The fraction of sp³-hybridized carbons (Fsp3) is 0.407. The van der Waals surface area contributed by atoms with Gasteiger partial charge in [0, 0.05) is 12.1 Å². The molecule has 0 saturated carbocycles. The van der Waals surface area contributed by atoms with Crippen LogP contribution in [0.2, 0.25) is 20.8 Å². The standard InChI is InChI=1S/C27H37AsNO10/c1-35-22-15-24(36-2)23(25(16-22)37-3)13-19(27(29)34)18-38-20-5-4-6-21(14-20)39-26(33)17-28(7-10-30,8-11-31)9-12-32/h4-6,13-16,30-32H,7-12,17-18H2,1-3H3,(H2,29,34)/b19-13-. The third-order valence-corrected chi connectivity index (χ3v) is 15.2. The minimum absolute atomic E-state index is 0.0745. The van der Waals surface area contributed by atoms with Gasteiger partial charge in [0.1, 0.15) is 5.75 Å². The summed E-state index contributed by atoms with van der Waals surface area (Å²) in [6.07, 6.45) is 1.51. The first-order valence-corrected chi connectivity index (χ1v) is 17.5. The van der Waals surface area contributed by atoms with Crippen LogP contribution in [0.25, 0.3) is 6.08 Å². The number of methoxy groups -OCH3 is 3. The molecule has 0 aliphatic rings. The van der Waals surface area contributed by atoms with Crippen molar-refractivity contribution < 1.29 is 48.6 Å². The number of hydrogen-bond acceptors (Lipinski definition) is 10. The van der Waals surface area contributed by atoms with Crippen LogP contribution in [-0.4, -0.2) is 88.5 Å². The van der Waals surface area contributed by atoms with Crippen LogP contribution in [0.3, 0.4) is 0 Å². The van der Waals surface area contributed by atoms with E-state index in [1.807, 2.05) is 0 Å². The minimum Gasteiger partial charge on any atom is -0.496 e. The van der Waals surface area contributed by atoms with Crippen LogP contribution < -0.4 is 29.4 Å². The Kier molecular flexibility index (Phi) is 13.1. The van der Waals surface area contributed by atoms with Crippen LogP contribution in [0.15, 0.2) is 42.0 Å². The summed E-state index contributed by atoms with van der Waals surface area (Å²) in [6, 6.07) is 9.64. The van der Waals surface area contributed by atoms with E-state index >= 15 is 0 Å². The van der Waals surface area contributed by atoms with Gasteiger partial charge in [-0.2, -0.15) is 0 Å². The van der Waals surface area contributed by atoms with Gasteiger partial charge in [-0.3, -0.25) is 0 Å². The average Bonchev–Trinajstić information content (AvgIpc) is 2.91. The number of hydrogen-bond donors (Lipinski definition) is 4. The second kappa shape index (κ2) is 16.0. The van der Waals surface area contributed by atoms with Gasteiger partial charge >= 0.3 is 177 Å². The van der Waals surface area contributed by atoms with Gasteiger partial charge in [0.05, 0.1) is 21.3 Å². The maximum atomic E-state index is 12.7. The average molecular weight is 611 g/mol. The first kappa shape index (κ1) is 32.0. The zero-order valence-electron chi connectivity index (χ0n) is 22.4. The van der Waals surface area contributed by atoms with Crippen molar-refractivity contribution in [2.24, 2.45) is 5.73 Å². The van der Waals surface area contributed by atoms with Gasteiger partial charge in [0.2, 0.25) is 0 Å². The van der Waals surface area contributed by atoms with Crippen molar-refractivity contribution in [2.45, 2.75) is 20.8 Å². The number of nitrogens with two attached hydrogens (primary N) is 1. The molecular weight excluding hydrogens is 573 g/mol. The normalized spacial score (nSPS) is 11.6. The molecular formula is C27H37AsNO10. The number of rotatable bonds is 17. The molecule has 0 aliphatic carbocycles. The van der Waals surface area contributed by atoms with Crippen LogP contribution in [0.5, 0.6) is 28.7 Å². The molecule has 5 N–H and O–H groups in total. The number of aliphatic hydroxyl groups is 3. The molecule has 2 rings (SSSR count). The molecule has 0 spiro atoms. The Hall–Kier alpha value is -3.24. The molecule has 39 heavy (non-hydrogen) atoms. The summed E-state index contributed by atoms with van der Waals surface area (Å²) < 4.78 is 27.4. The summed E-state index contributed by atoms with van der Waals surface area (Å²) in [7, 11) is 4.46. The molecule has 0 bridgehead atoms. The van der Waals surface area contributed by atoms with Gasteiger partial charge in [-0.05, 0) is 0 Å². The minimum atomic E-state index is -2.87. The van der Waals surface area contributed by atoms with E-state index < -0.39 is 25.4 Å². The molecule has 11 nitrogen and oxygen atoms in total. The van der Waals surface area contributed by atoms with E-state index in [0.29, 0.717) is 44.2 Å². The van der Waals surface area contributed by atoms with Crippen molar-refractivity contribution in [1.29, 1.82) is 0 Å². The molecule has 0 atom stereocenters. The fourth-order valence-electron chi connectivity index (χ4n) is 3.97. The molecule has 12 heteroatoms. The van der Waals surface area contributed by atoms with Gasteiger partial charge in [-0.1, -0.05) is 0 Å². The topological polar surface area (TPSA) is 167 Å². The molecule has 215 valence electrons. The zero-order chi connectivity index (χ0) is 28.8. The van der Waals surface area contributed by atoms with Gasteiger partial charge < -0.3 is 14.2 Å². The summed E-state index contributed by atoms with van der Waals surface area (Å²) in [4.78, 5) is 24.9. The van der Waals surface area contributed by atoms with Crippen molar-refractivity contribution >= 4 is 31.5 Å². The molecule has 1 amide bonds. The van der Waals surface area contributed by atoms with Crippen molar-refractivity contribution in [3.8, 4) is 28.7 Å². The van der Waals surface area contributed by atoms with Gasteiger partial charge in [-0.15, -0.1) is 0 Å². The summed E-state index contributed by atoms with van der Waals surface area (Å²) in [5.41, 5.74) is 6.21. The molecule has 0 aromatic heterocycles. The Labute approximate surface area is 230 Å². The van der Waals surface area contributed by atoms with Crippen LogP contribution >= 0.6 is 0 Å². The molecule has 0 aliphatic heterocycles. The van der Waals surface area contributed by atoms with E-state index in [4.69, 9.17) is 29.4 Å². The molecule has 2 aromatic rings. The van der Waals surface area contributed by atoms with Gasteiger partial charge in [0.25, 0.3) is 0 Å². The van der Waals surface area contributed by atoms with Crippen LogP contribution in [0.4, 0.5) is 0 Å². The second-order valence-electron chi connectivity index (χ2n) is 8.56. The molecule has 2 aromatic carbocycles. The number of carbonyl (C=O) groups excluding carboxylic acids is 2. The number of ether oxygens (including phenoxy) is 5. The molecule has 0 fully saturated rings. The Balaban J connectivity index is 2.20. The van der Waals surface area contributed by atoms with Crippen molar-refractivity contribution in [3.63, 3.8) is 0 Å². The van der Waals surface area contributed by atoms with Gasteiger partial charge in [0.15, 0.2) is 0 Å². The van der Waals surface area contributed by atoms with E-state index in [0.717, 1.165) is 0 Å². The van der Waals surface area contributed by atoms with Crippen molar-refractivity contribution in [1.82, 2.24) is 0 Å². The number of aliphatic hydroxyl groups excluding tert-OH is 3. The number of amides is 1. The predicted molar refractivity (Wildman–Crippen MR) is 147 cm³/mol. The van der Waals surface area contributed by atoms with E-state index in [1.54, 1.807) is 30.3 Å². The quantitative estimate of drug-likeness (QED) is 0.0900. The first-order valence-electron chi connectivity index (χ1n) is 12.2. The maximum absolute atomic E-state index is 12.7. The van der Waals surface area contributed by atoms with Crippen molar-refractivity contribution in [2.75, 3.05) is 47.8 Å². The summed E-state index contributed by atoms with van der Waals surface area (Å²) in [6.45, 7) is -0.541. The molecule has 0 unspecified atom stereocenters. The Morgan fingerprint density at radius 2 is 1.41 bits per heavy atom.